The van der Waals surface area contributed by atoms with E-state index in [2.05, 4.69) is 45.5 Å². The van der Waals surface area contributed by atoms with Crippen LogP contribution in [0.4, 0.5) is 5.82 Å². The molecule has 0 atom stereocenters. The number of aryl methyl sites for hydroxylation is 2. The summed E-state index contributed by atoms with van der Waals surface area (Å²) in [4.78, 5) is 7.02. The third-order valence-corrected chi connectivity index (χ3v) is 4.61. The molecule has 3 rings (SSSR count). The zero-order chi connectivity index (χ0) is 16.9. The zero-order valence-corrected chi connectivity index (χ0v) is 14.5. The highest BCUT2D eigenvalue weighted by molar-refractivity contribution is 5.56. The van der Waals surface area contributed by atoms with Crippen molar-refractivity contribution in [3.8, 4) is 6.07 Å². The minimum Gasteiger partial charge on any atom is -0.365 e. The van der Waals surface area contributed by atoms with Gasteiger partial charge in [-0.05, 0) is 62.5 Å². The third-order valence-electron chi connectivity index (χ3n) is 4.61. The Hall–Kier alpha value is -2.38. The van der Waals surface area contributed by atoms with Gasteiger partial charge >= 0.3 is 0 Å². The van der Waals surface area contributed by atoms with Crippen LogP contribution < -0.4 is 5.32 Å². The standard InChI is InChI=1S/C20H24N4/c1-15-11-16(2)23-20(19(15)12-21)22-13-17-7-3-4-8-18(17)14-24-9-5-6-10-24/h3-4,7-8,11H,5-6,9-10,13-14H2,1-2H3,(H,22,23). The molecule has 1 fully saturated rings. The number of rotatable bonds is 5. The summed E-state index contributed by atoms with van der Waals surface area (Å²) in [6.07, 6.45) is 2.61. The lowest BCUT2D eigenvalue weighted by atomic mass is 10.1. The predicted molar refractivity (Wildman–Crippen MR) is 96.7 cm³/mol. The number of nitrogens with one attached hydrogen (secondary N) is 1. The van der Waals surface area contributed by atoms with Crippen molar-refractivity contribution in [3.05, 3.63) is 58.3 Å². The fourth-order valence-electron chi connectivity index (χ4n) is 3.35. The van der Waals surface area contributed by atoms with Gasteiger partial charge < -0.3 is 5.32 Å². The number of nitriles is 1. The molecule has 1 aliphatic rings. The van der Waals surface area contributed by atoms with Gasteiger partial charge in [0.2, 0.25) is 0 Å². The van der Waals surface area contributed by atoms with Crippen molar-refractivity contribution in [2.75, 3.05) is 18.4 Å². The number of likely N-dealkylation sites (tertiary alicyclic amines) is 1. The van der Waals surface area contributed by atoms with E-state index in [4.69, 9.17) is 0 Å². The van der Waals surface area contributed by atoms with Gasteiger partial charge in [0.25, 0.3) is 0 Å². The molecule has 24 heavy (non-hydrogen) atoms. The molecule has 0 spiro atoms. The topological polar surface area (TPSA) is 52.0 Å². The van der Waals surface area contributed by atoms with Crippen molar-refractivity contribution in [2.45, 2.75) is 39.8 Å². The quantitative estimate of drug-likeness (QED) is 0.911. The molecule has 1 aromatic carbocycles. The zero-order valence-electron chi connectivity index (χ0n) is 14.5. The molecular weight excluding hydrogens is 296 g/mol. The van der Waals surface area contributed by atoms with Crippen molar-refractivity contribution >= 4 is 5.82 Å². The first kappa shape index (κ1) is 16.5. The van der Waals surface area contributed by atoms with Crippen LogP contribution >= 0.6 is 0 Å². The molecule has 124 valence electrons. The minimum atomic E-state index is 0.637. The molecule has 0 radical (unpaired) electrons. The Labute approximate surface area is 144 Å². The number of hydrogen-bond donors (Lipinski definition) is 1. The molecule has 0 saturated carbocycles. The van der Waals surface area contributed by atoms with Crippen LogP contribution in [0, 0.1) is 25.2 Å². The van der Waals surface area contributed by atoms with Crippen molar-refractivity contribution in [1.29, 1.82) is 5.26 Å². The Balaban J connectivity index is 1.77. The van der Waals surface area contributed by atoms with Crippen LogP contribution in [-0.2, 0) is 13.1 Å². The van der Waals surface area contributed by atoms with Gasteiger partial charge in [-0.2, -0.15) is 5.26 Å². The highest BCUT2D eigenvalue weighted by Crippen LogP contribution is 2.20. The van der Waals surface area contributed by atoms with Crippen LogP contribution in [0.1, 0.15) is 40.8 Å². The van der Waals surface area contributed by atoms with Gasteiger partial charge in [0.15, 0.2) is 0 Å². The number of benzene rings is 1. The molecular formula is C20H24N4. The average Bonchev–Trinajstić information content (AvgIpc) is 3.06. The van der Waals surface area contributed by atoms with Gasteiger partial charge in [-0.15, -0.1) is 0 Å². The van der Waals surface area contributed by atoms with Crippen LogP contribution in [0.2, 0.25) is 0 Å². The predicted octanol–water partition coefficient (Wildman–Crippen LogP) is 3.78. The summed E-state index contributed by atoms with van der Waals surface area (Å²) in [7, 11) is 0. The normalized spacial score (nSPS) is 14.5. The van der Waals surface area contributed by atoms with E-state index in [1.54, 1.807) is 0 Å². The fourth-order valence-corrected chi connectivity index (χ4v) is 3.35. The highest BCUT2D eigenvalue weighted by Gasteiger charge is 2.14. The van der Waals surface area contributed by atoms with Crippen LogP contribution in [-0.4, -0.2) is 23.0 Å². The molecule has 0 bridgehead atoms. The molecule has 0 aliphatic carbocycles. The van der Waals surface area contributed by atoms with E-state index < -0.39 is 0 Å². The second-order valence-electron chi connectivity index (χ2n) is 6.52. The second kappa shape index (κ2) is 7.46. The molecule has 0 unspecified atom stereocenters. The molecule has 2 heterocycles. The molecule has 1 aliphatic heterocycles. The first-order valence-corrected chi connectivity index (χ1v) is 8.58. The smallest absolute Gasteiger partial charge is 0.144 e. The van der Waals surface area contributed by atoms with Crippen LogP contribution in [0.15, 0.2) is 30.3 Å². The first-order chi connectivity index (χ1) is 11.7. The fraction of sp³-hybridized carbons (Fsp3) is 0.400. The highest BCUT2D eigenvalue weighted by atomic mass is 15.1. The molecule has 4 heteroatoms. The second-order valence-corrected chi connectivity index (χ2v) is 6.52. The van der Waals surface area contributed by atoms with Crippen molar-refractivity contribution in [2.24, 2.45) is 0 Å². The van der Waals surface area contributed by atoms with E-state index in [1.807, 2.05) is 19.9 Å². The van der Waals surface area contributed by atoms with Crippen molar-refractivity contribution < 1.29 is 0 Å². The molecule has 0 amide bonds. The first-order valence-electron chi connectivity index (χ1n) is 8.58. The lowest BCUT2D eigenvalue weighted by Crippen LogP contribution is -2.19. The van der Waals surface area contributed by atoms with Gasteiger partial charge in [0.1, 0.15) is 11.9 Å². The van der Waals surface area contributed by atoms with Gasteiger partial charge in [0.05, 0.1) is 5.56 Å². The number of aromatic nitrogens is 1. The maximum absolute atomic E-state index is 9.39. The summed E-state index contributed by atoms with van der Waals surface area (Å²) in [6.45, 7) is 8.00. The summed E-state index contributed by atoms with van der Waals surface area (Å²) in [6, 6.07) is 12.8. The molecule has 1 aromatic heterocycles. The van der Waals surface area contributed by atoms with Gasteiger partial charge in [0, 0.05) is 18.8 Å². The van der Waals surface area contributed by atoms with Crippen molar-refractivity contribution in [3.63, 3.8) is 0 Å². The van der Waals surface area contributed by atoms with Gasteiger partial charge in [-0.1, -0.05) is 24.3 Å². The molecule has 4 nitrogen and oxygen atoms in total. The lowest BCUT2D eigenvalue weighted by molar-refractivity contribution is 0.330. The largest absolute Gasteiger partial charge is 0.365 e. The van der Waals surface area contributed by atoms with Crippen LogP contribution in [0.3, 0.4) is 0 Å². The van der Waals surface area contributed by atoms with E-state index in [0.29, 0.717) is 17.9 Å². The number of nitrogens with zero attached hydrogens (tertiary/aromatic N) is 3. The Morgan fingerprint density at radius 1 is 1.17 bits per heavy atom. The number of anilines is 1. The van der Waals surface area contributed by atoms with Crippen LogP contribution in [0.5, 0.6) is 0 Å². The summed E-state index contributed by atoms with van der Waals surface area (Å²) >= 11 is 0. The summed E-state index contributed by atoms with van der Waals surface area (Å²) in [5, 5.41) is 12.8. The lowest BCUT2D eigenvalue weighted by Gasteiger charge is -2.18. The minimum absolute atomic E-state index is 0.637. The maximum atomic E-state index is 9.39. The molecule has 1 saturated heterocycles. The Bertz CT molecular complexity index is 755. The number of hydrogen-bond acceptors (Lipinski definition) is 4. The van der Waals surface area contributed by atoms with Crippen molar-refractivity contribution in [1.82, 2.24) is 9.88 Å². The average molecular weight is 320 g/mol. The maximum Gasteiger partial charge on any atom is 0.144 e. The van der Waals surface area contributed by atoms with Gasteiger partial charge in [-0.25, -0.2) is 4.98 Å². The van der Waals surface area contributed by atoms with E-state index in [-0.39, 0.29) is 0 Å². The summed E-state index contributed by atoms with van der Waals surface area (Å²) in [5.41, 5.74) is 5.17. The molecule has 1 N–H and O–H groups in total. The van der Waals surface area contributed by atoms with E-state index in [9.17, 15) is 5.26 Å². The van der Waals surface area contributed by atoms with Crippen LogP contribution in [0.25, 0.3) is 0 Å². The summed E-state index contributed by atoms with van der Waals surface area (Å²) < 4.78 is 0. The Morgan fingerprint density at radius 2 is 1.88 bits per heavy atom. The Kier molecular flexibility index (Phi) is 5.12. The third kappa shape index (κ3) is 3.74. The SMILES string of the molecule is Cc1cc(C)c(C#N)c(NCc2ccccc2CN2CCCC2)n1. The van der Waals surface area contributed by atoms with E-state index >= 15 is 0 Å². The summed E-state index contributed by atoms with van der Waals surface area (Å²) in [5.74, 6) is 0.686. The number of pyridine rings is 1. The van der Waals surface area contributed by atoms with E-state index in [0.717, 1.165) is 17.8 Å². The molecule has 2 aromatic rings. The van der Waals surface area contributed by atoms with Gasteiger partial charge in [-0.3, -0.25) is 4.90 Å². The van der Waals surface area contributed by atoms with E-state index in [1.165, 1.54) is 37.1 Å². The Morgan fingerprint density at radius 3 is 2.58 bits per heavy atom. The monoisotopic (exact) mass is 320 g/mol.